The first-order chi connectivity index (χ1) is 7.97. The fraction of sp³-hybridized carbons (Fsp3) is 0.667. The molecule has 0 radical (unpaired) electrons. The van der Waals surface area contributed by atoms with Gasteiger partial charge in [-0.25, -0.2) is 0 Å². The van der Waals surface area contributed by atoms with Crippen LogP contribution in [0.5, 0.6) is 5.75 Å². The summed E-state index contributed by atoms with van der Waals surface area (Å²) in [6.07, 6.45) is 1.59. The number of nitrogens with zero attached hydrogens (tertiary/aromatic N) is 2. The molecule has 17 heavy (non-hydrogen) atoms. The molecule has 5 nitrogen and oxygen atoms in total. The van der Waals surface area contributed by atoms with E-state index in [-0.39, 0.29) is 24.5 Å². The molecule has 1 aromatic rings. The van der Waals surface area contributed by atoms with Gasteiger partial charge in [0, 0.05) is 6.04 Å². The lowest BCUT2D eigenvalue weighted by molar-refractivity contribution is 0.0572. The average molecular weight is 240 g/mol. The van der Waals surface area contributed by atoms with Crippen LogP contribution in [0.2, 0.25) is 0 Å². The fourth-order valence-corrected chi connectivity index (χ4v) is 1.46. The van der Waals surface area contributed by atoms with E-state index >= 15 is 0 Å². The Kier molecular flexibility index (Phi) is 4.69. The third kappa shape index (κ3) is 3.30. The maximum atomic E-state index is 12.0. The number of aromatic nitrogens is 2. The Labute approximate surface area is 102 Å². The van der Waals surface area contributed by atoms with E-state index in [9.17, 15) is 4.79 Å². The van der Waals surface area contributed by atoms with Crippen molar-refractivity contribution in [2.24, 2.45) is 0 Å². The molecule has 0 aromatic carbocycles. The Morgan fingerprint density at radius 1 is 1.41 bits per heavy atom. The summed E-state index contributed by atoms with van der Waals surface area (Å²) in [4.78, 5) is 12.0. The molecule has 5 heteroatoms. The second-order valence-electron chi connectivity index (χ2n) is 4.38. The van der Waals surface area contributed by atoms with Gasteiger partial charge in [-0.15, -0.1) is 0 Å². The highest BCUT2D eigenvalue weighted by molar-refractivity contribution is 5.98. The minimum absolute atomic E-state index is 0.0281. The van der Waals surface area contributed by atoms with Gasteiger partial charge in [-0.2, -0.15) is 5.10 Å². The third-order valence-corrected chi connectivity index (χ3v) is 2.28. The topological polar surface area (TPSA) is 53.4 Å². The maximum Gasteiger partial charge on any atom is 0.210 e. The highest BCUT2D eigenvalue weighted by Gasteiger charge is 2.21. The standard InChI is InChI=1S/C12H20N2O3/c1-8(2)14-12(11(16-5)6-13-14)10(15)7-17-9(3)4/h6,8-9H,7H2,1-5H3. The van der Waals surface area contributed by atoms with Crippen LogP contribution < -0.4 is 4.74 Å². The summed E-state index contributed by atoms with van der Waals surface area (Å²) in [5, 5.41) is 4.15. The van der Waals surface area contributed by atoms with Crippen LogP contribution in [-0.4, -0.2) is 35.4 Å². The molecular formula is C12H20N2O3. The van der Waals surface area contributed by atoms with Gasteiger partial charge in [-0.3, -0.25) is 9.48 Å². The molecule has 0 bridgehead atoms. The van der Waals surface area contributed by atoms with E-state index in [4.69, 9.17) is 9.47 Å². The van der Waals surface area contributed by atoms with Gasteiger partial charge >= 0.3 is 0 Å². The molecule has 1 rings (SSSR count). The predicted molar refractivity (Wildman–Crippen MR) is 64.6 cm³/mol. The highest BCUT2D eigenvalue weighted by Crippen LogP contribution is 2.21. The fourth-order valence-electron chi connectivity index (χ4n) is 1.46. The maximum absolute atomic E-state index is 12.0. The number of methoxy groups -OCH3 is 1. The number of carbonyl (C=O) groups excluding carboxylic acids is 1. The Balaban J connectivity index is 2.93. The summed E-state index contributed by atoms with van der Waals surface area (Å²) >= 11 is 0. The van der Waals surface area contributed by atoms with Crippen molar-refractivity contribution in [3.63, 3.8) is 0 Å². The highest BCUT2D eigenvalue weighted by atomic mass is 16.5. The van der Waals surface area contributed by atoms with Gasteiger partial charge in [0.15, 0.2) is 5.75 Å². The summed E-state index contributed by atoms with van der Waals surface area (Å²) in [6, 6.07) is 0.108. The zero-order valence-electron chi connectivity index (χ0n) is 11.1. The minimum Gasteiger partial charge on any atom is -0.493 e. The van der Waals surface area contributed by atoms with Crippen LogP contribution in [0.15, 0.2) is 6.20 Å². The largest absolute Gasteiger partial charge is 0.493 e. The van der Waals surface area contributed by atoms with Crippen molar-refractivity contribution in [1.29, 1.82) is 0 Å². The third-order valence-electron chi connectivity index (χ3n) is 2.28. The van der Waals surface area contributed by atoms with E-state index in [1.54, 1.807) is 10.9 Å². The van der Waals surface area contributed by atoms with Crippen LogP contribution in [0.4, 0.5) is 0 Å². The molecule has 0 N–H and O–H groups in total. The van der Waals surface area contributed by atoms with Gasteiger partial charge < -0.3 is 9.47 Å². The van der Waals surface area contributed by atoms with Crippen LogP contribution in [0, 0.1) is 0 Å². The molecule has 0 saturated heterocycles. The molecular weight excluding hydrogens is 220 g/mol. The monoisotopic (exact) mass is 240 g/mol. The number of carbonyl (C=O) groups is 1. The van der Waals surface area contributed by atoms with Crippen molar-refractivity contribution >= 4 is 5.78 Å². The van der Waals surface area contributed by atoms with Crippen molar-refractivity contribution in [1.82, 2.24) is 9.78 Å². The number of ether oxygens (including phenoxy) is 2. The van der Waals surface area contributed by atoms with E-state index in [1.165, 1.54) is 7.11 Å². The Hall–Kier alpha value is -1.36. The number of Topliss-reactive ketones (excluding diaryl/α,β-unsaturated/α-hetero) is 1. The number of rotatable bonds is 6. The van der Waals surface area contributed by atoms with Crippen molar-refractivity contribution in [3.8, 4) is 5.75 Å². The molecule has 0 aliphatic rings. The molecule has 1 aromatic heterocycles. The van der Waals surface area contributed by atoms with Crippen molar-refractivity contribution < 1.29 is 14.3 Å². The Morgan fingerprint density at radius 2 is 2.06 bits per heavy atom. The molecule has 0 unspecified atom stereocenters. The van der Waals surface area contributed by atoms with Gasteiger partial charge in [0.05, 0.1) is 19.4 Å². The first-order valence-electron chi connectivity index (χ1n) is 5.73. The molecule has 0 aliphatic carbocycles. The SMILES string of the molecule is COc1cnn(C(C)C)c1C(=O)COC(C)C. The number of hydrogen-bond donors (Lipinski definition) is 0. The van der Waals surface area contributed by atoms with Crippen molar-refractivity contribution in [2.45, 2.75) is 39.8 Å². The van der Waals surface area contributed by atoms with E-state index in [1.807, 2.05) is 27.7 Å². The van der Waals surface area contributed by atoms with E-state index in [2.05, 4.69) is 5.10 Å². The minimum atomic E-state index is -0.109. The normalized spacial score (nSPS) is 11.2. The van der Waals surface area contributed by atoms with Gasteiger partial charge in [0.2, 0.25) is 5.78 Å². The summed E-state index contributed by atoms with van der Waals surface area (Å²) < 4.78 is 12.1. The van der Waals surface area contributed by atoms with E-state index < -0.39 is 0 Å². The molecule has 0 atom stereocenters. The van der Waals surface area contributed by atoms with Gasteiger partial charge in [-0.1, -0.05) is 0 Å². The van der Waals surface area contributed by atoms with E-state index in [0.29, 0.717) is 11.4 Å². The summed E-state index contributed by atoms with van der Waals surface area (Å²) in [7, 11) is 1.53. The lowest BCUT2D eigenvalue weighted by Gasteiger charge is -2.12. The van der Waals surface area contributed by atoms with Crippen LogP contribution in [0.25, 0.3) is 0 Å². The molecule has 0 saturated carbocycles. The lowest BCUT2D eigenvalue weighted by Crippen LogP contribution is -2.19. The average Bonchev–Trinajstić information content (AvgIpc) is 2.69. The van der Waals surface area contributed by atoms with Gasteiger partial charge in [0.25, 0.3) is 0 Å². The second kappa shape index (κ2) is 5.82. The predicted octanol–water partition coefficient (Wildman–Crippen LogP) is 2.08. The number of ketones is 1. The molecule has 0 spiro atoms. The summed E-state index contributed by atoms with van der Waals surface area (Å²) in [5.74, 6) is 0.387. The quantitative estimate of drug-likeness (QED) is 0.714. The molecule has 1 heterocycles. The summed E-state index contributed by atoms with van der Waals surface area (Å²) in [6.45, 7) is 7.76. The van der Waals surface area contributed by atoms with Crippen LogP contribution in [0.1, 0.15) is 44.2 Å². The zero-order chi connectivity index (χ0) is 13.0. The van der Waals surface area contributed by atoms with Crippen LogP contribution in [0.3, 0.4) is 0 Å². The lowest BCUT2D eigenvalue weighted by atomic mass is 10.2. The van der Waals surface area contributed by atoms with Gasteiger partial charge in [-0.05, 0) is 27.7 Å². The second-order valence-corrected chi connectivity index (χ2v) is 4.38. The first kappa shape index (κ1) is 13.7. The molecule has 0 aliphatic heterocycles. The Morgan fingerprint density at radius 3 is 2.53 bits per heavy atom. The van der Waals surface area contributed by atoms with E-state index in [0.717, 1.165) is 0 Å². The van der Waals surface area contributed by atoms with Crippen molar-refractivity contribution in [3.05, 3.63) is 11.9 Å². The molecule has 0 amide bonds. The number of hydrogen-bond acceptors (Lipinski definition) is 4. The smallest absolute Gasteiger partial charge is 0.210 e. The Bertz CT molecular complexity index is 383. The van der Waals surface area contributed by atoms with Crippen molar-refractivity contribution in [2.75, 3.05) is 13.7 Å². The molecule has 96 valence electrons. The van der Waals surface area contributed by atoms with Crippen LogP contribution in [-0.2, 0) is 4.74 Å². The molecule has 0 fully saturated rings. The van der Waals surface area contributed by atoms with Gasteiger partial charge in [0.1, 0.15) is 12.3 Å². The first-order valence-corrected chi connectivity index (χ1v) is 5.73. The zero-order valence-corrected chi connectivity index (χ0v) is 11.1. The van der Waals surface area contributed by atoms with Crippen LogP contribution >= 0.6 is 0 Å². The summed E-state index contributed by atoms with van der Waals surface area (Å²) in [5.41, 5.74) is 0.475.